The van der Waals surface area contributed by atoms with Gasteiger partial charge in [0, 0.05) is 85.6 Å². The first-order valence-electron chi connectivity index (χ1n) is 32.1. The van der Waals surface area contributed by atoms with Crippen molar-refractivity contribution in [1.82, 2.24) is 40.4 Å². The summed E-state index contributed by atoms with van der Waals surface area (Å²) in [5.41, 5.74) is 21.6. The number of para-hydroxylation sites is 2. The Morgan fingerprint density at radius 2 is 1.02 bits per heavy atom. The van der Waals surface area contributed by atoms with E-state index >= 15 is 0 Å². The number of Topliss-reactive ketones (excluding diaryl/α,β-unsaturated/α-hetero) is 1. The number of amides is 3. The molecule has 490 valence electrons. The highest BCUT2D eigenvalue weighted by Crippen LogP contribution is 2.37. The zero-order chi connectivity index (χ0) is 69.4. The van der Waals surface area contributed by atoms with Crippen molar-refractivity contribution in [3.05, 3.63) is 317 Å². The van der Waals surface area contributed by atoms with Crippen molar-refractivity contribution in [2.45, 2.75) is 73.8 Å². The van der Waals surface area contributed by atoms with Crippen molar-refractivity contribution in [2.24, 2.45) is 11.5 Å². The van der Waals surface area contributed by atoms with Gasteiger partial charge in [0.1, 0.15) is 0 Å². The maximum atomic E-state index is 12.1. The molecule has 0 radical (unpaired) electrons. The summed E-state index contributed by atoms with van der Waals surface area (Å²) in [6.07, 6.45) is 8.66. The second-order valence-corrected chi connectivity index (χ2v) is 21.2. The number of hydrogen-bond donors (Lipinski definition) is 8. The Kier molecular flexibility index (Phi) is 25.0. The number of aromatic amines is 5. The highest BCUT2D eigenvalue weighted by atomic mass is 16.2. The van der Waals surface area contributed by atoms with Crippen LogP contribution in [0.15, 0.2) is 250 Å². The highest BCUT2D eigenvalue weighted by molar-refractivity contribution is 6.10. The molecule has 0 spiro atoms. The van der Waals surface area contributed by atoms with E-state index in [0.29, 0.717) is 40.4 Å². The number of nitrogens with one attached hydrogen (secondary N) is 6. The van der Waals surface area contributed by atoms with E-state index in [2.05, 4.69) is 52.6 Å². The summed E-state index contributed by atoms with van der Waals surface area (Å²) in [6.45, 7) is 12.5. The molecule has 10 N–H and O–H groups in total. The number of hydrogen-bond acceptors (Lipinski definition) is 10. The number of aryl methyl sites for hydroxylation is 1. The molecule has 0 fully saturated rings. The molecule has 97 heavy (non-hydrogen) atoms. The minimum absolute atomic E-state index is 0.000975. The molecule has 9 aromatic carbocycles. The summed E-state index contributed by atoms with van der Waals surface area (Å²) >= 11 is 0. The predicted molar refractivity (Wildman–Crippen MR) is 390 cm³/mol. The molecule has 6 heterocycles. The molecule has 0 saturated carbocycles. The molecule has 14 aromatic rings. The maximum absolute atomic E-state index is 12.1. The molecular formula is C79H76N10O8. The molecule has 3 amide bonds. The van der Waals surface area contributed by atoms with Crippen LogP contribution in [0, 0.1) is 0 Å². The Morgan fingerprint density at radius 3 is 1.71 bits per heavy atom. The molecule has 18 heteroatoms. The molecule has 1 aliphatic heterocycles. The Labute approximate surface area is 558 Å². The molecule has 5 aromatic heterocycles. The largest absolute Gasteiger partial charge is 0.366 e. The van der Waals surface area contributed by atoms with Gasteiger partial charge < -0.3 is 36.7 Å². The topological polar surface area (TPSA) is 305 Å². The number of carbonyl (C=O) groups excluding carboxylic acids is 4. The van der Waals surface area contributed by atoms with Gasteiger partial charge >= 0.3 is 0 Å². The highest BCUT2D eigenvalue weighted by Gasteiger charge is 2.25. The number of rotatable bonds is 2. The third kappa shape index (κ3) is 16.9. The second kappa shape index (κ2) is 34.5. The molecule has 18 nitrogen and oxygen atoms in total. The van der Waals surface area contributed by atoms with Crippen LogP contribution in [-0.2, 0) is 19.4 Å². The van der Waals surface area contributed by atoms with E-state index in [1.807, 2.05) is 193 Å². The Morgan fingerprint density at radius 1 is 0.454 bits per heavy atom. The van der Waals surface area contributed by atoms with Crippen LogP contribution < -0.4 is 39.0 Å². The van der Waals surface area contributed by atoms with E-state index in [1.54, 1.807) is 60.8 Å². The first kappa shape index (κ1) is 70.4. The molecule has 3 aliphatic rings. The number of ketones is 1. The fourth-order valence-corrected chi connectivity index (χ4v) is 11.2. The fourth-order valence-electron chi connectivity index (χ4n) is 11.2. The summed E-state index contributed by atoms with van der Waals surface area (Å²) < 4.78 is 0. The number of primary amides is 2. The Hall–Kier alpha value is -12.4. The van der Waals surface area contributed by atoms with Gasteiger partial charge in [0.2, 0.25) is 11.8 Å². The third-order valence-electron chi connectivity index (χ3n) is 15.5. The van der Waals surface area contributed by atoms with Crippen LogP contribution in [0.4, 0.5) is 0 Å². The number of nitrogens with two attached hydrogens (primary N) is 2. The summed E-state index contributed by atoms with van der Waals surface area (Å²) in [5.74, 6) is -0.872. The van der Waals surface area contributed by atoms with Crippen LogP contribution in [0.2, 0.25) is 0 Å². The summed E-state index contributed by atoms with van der Waals surface area (Å²) in [4.78, 5) is 106. The average Bonchev–Trinajstić information content (AvgIpc) is 1.64. The van der Waals surface area contributed by atoms with E-state index in [-0.39, 0.29) is 39.8 Å². The molecule has 0 bridgehead atoms. The van der Waals surface area contributed by atoms with Crippen molar-refractivity contribution in [3.8, 4) is 11.3 Å². The lowest BCUT2D eigenvalue weighted by molar-refractivity contribution is 0.0946. The van der Waals surface area contributed by atoms with Crippen molar-refractivity contribution >= 4 is 88.5 Å². The van der Waals surface area contributed by atoms with Crippen molar-refractivity contribution < 1.29 is 19.2 Å². The minimum Gasteiger partial charge on any atom is -0.366 e. The number of pyridine rings is 2. The number of H-pyrrole nitrogens is 5. The van der Waals surface area contributed by atoms with Crippen LogP contribution in [-0.4, -0.2) is 58.6 Å². The van der Waals surface area contributed by atoms with Crippen LogP contribution in [0.3, 0.4) is 0 Å². The first-order chi connectivity index (χ1) is 47.3. The van der Waals surface area contributed by atoms with Gasteiger partial charge in [-0.3, -0.25) is 38.4 Å². The molecule has 0 saturated heterocycles. The van der Waals surface area contributed by atoms with Gasteiger partial charge in [-0.05, 0) is 107 Å². The SMILES string of the molecule is CC.CC.CC.NC(=O)c1cccc2c1C(=O)NC2.NC(=O)c1ccccc1.O=C1CCCc2c[nH]c3cccc1c23.O=c1[nH]c2c(c3ccccc13)Cc1ccccc1-2.O=c1[nH]c2ccccc2c2ccccc12.O=c1[nH]cnc2ccccc12.O=c1[nH]ncc2ccccc12. The number of benzene rings is 9. The van der Waals surface area contributed by atoms with Crippen molar-refractivity contribution in [2.75, 3.05) is 0 Å². The number of nitrogens with zero attached hydrogens (tertiary/aromatic N) is 2. The zero-order valence-electron chi connectivity index (χ0n) is 54.8. The molecular weight excluding hydrogens is 1220 g/mol. The fraction of sp³-hybridized carbons (Fsp3) is 0.139. The van der Waals surface area contributed by atoms with Gasteiger partial charge in [0.25, 0.3) is 28.1 Å². The summed E-state index contributed by atoms with van der Waals surface area (Å²) in [5, 5.41) is 16.7. The lowest BCUT2D eigenvalue weighted by Crippen LogP contribution is -2.18. The molecule has 17 rings (SSSR count). The van der Waals surface area contributed by atoms with Crippen molar-refractivity contribution in [1.29, 1.82) is 0 Å². The molecule has 0 atom stereocenters. The minimum atomic E-state index is -0.561. The lowest BCUT2D eigenvalue weighted by atomic mass is 10.0. The lowest BCUT2D eigenvalue weighted by Gasteiger charge is -2.04. The van der Waals surface area contributed by atoms with Crippen molar-refractivity contribution in [3.63, 3.8) is 0 Å². The average molecular weight is 1290 g/mol. The Bertz CT molecular complexity index is 5230. The van der Waals surface area contributed by atoms with E-state index in [1.165, 1.54) is 23.0 Å². The predicted octanol–water partition coefficient (Wildman–Crippen LogP) is 14.2. The number of fused-ring (bicyclic) bond motifs is 11. The van der Waals surface area contributed by atoms with Crippen LogP contribution >= 0.6 is 0 Å². The smallest absolute Gasteiger partial charge is 0.272 e. The van der Waals surface area contributed by atoms with Gasteiger partial charge in [-0.2, -0.15) is 5.10 Å². The molecule has 0 unspecified atom stereocenters. The monoisotopic (exact) mass is 1290 g/mol. The number of carbonyl (C=O) groups is 4. The normalized spacial score (nSPS) is 11.4. The quantitative estimate of drug-likeness (QED) is 0.0757. The van der Waals surface area contributed by atoms with Crippen LogP contribution in [0.1, 0.15) is 118 Å². The van der Waals surface area contributed by atoms with E-state index in [0.717, 1.165) is 95.9 Å². The van der Waals surface area contributed by atoms with Gasteiger partial charge in [-0.1, -0.05) is 193 Å². The zero-order valence-corrected chi connectivity index (χ0v) is 54.8. The van der Waals surface area contributed by atoms with Crippen LogP contribution in [0.5, 0.6) is 0 Å². The second-order valence-electron chi connectivity index (χ2n) is 21.2. The standard InChI is InChI=1S/C16H11NO.C13H9NO.C12H11NO.C9H8N2O2.2C8H6N2O.C7H7NO.3C2H6/c18-16-13-8-4-3-7-12(13)14-9-10-5-1-2-6-11(10)15(14)17-16;15-13-11-7-2-1-5-9(11)10-6-3-4-8-12(10)14-13;14-11-6-1-3-8-7-13-10-5-2-4-9(11)12(8)10;10-8(12)6-3-1-2-5-4-11-9(13)7(5)6;11-8-6-3-1-2-4-7(6)9-5-10-8;11-8-7-4-2-1-3-6(7)5-9-10-8;8-7(9)6-4-2-1-3-5-6;3*1-2/h1-8H,9H2,(H,17,18);1-8H,(H,14,15);2,4-5,7,13H,1,3,6H2;1-3H,4H2,(H2,10,12)(H,11,13);1-5H,(H,9,10,11);1-5H,(H,10,11);1-5H,(H2,8,9);3*1-2H3. The Balaban J connectivity index is 0.000000144. The van der Waals surface area contributed by atoms with Gasteiger partial charge in [-0.25, -0.2) is 10.1 Å². The van der Waals surface area contributed by atoms with E-state index < -0.39 is 5.91 Å². The van der Waals surface area contributed by atoms with Gasteiger partial charge in [0.05, 0.1) is 40.2 Å². The number of aromatic nitrogens is 7. The van der Waals surface area contributed by atoms with E-state index in [4.69, 9.17) is 11.5 Å². The third-order valence-corrected chi connectivity index (χ3v) is 15.5. The molecule has 2 aliphatic carbocycles. The van der Waals surface area contributed by atoms with Gasteiger partial charge in [-0.15, -0.1) is 0 Å². The summed E-state index contributed by atoms with van der Waals surface area (Å²) in [6, 6.07) is 65.9. The summed E-state index contributed by atoms with van der Waals surface area (Å²) in [7, 11) is 0. The first-order valence-corrected chi connectivity index (χ1v) is 32.1. The maximum Gasteiger partial charge on any atom is 0.272 e. The van der Waals surface area contributed by atoms with Gasteiger partial charge in [0.15, 0.2) is 5.78 Å². The van der Waals surface area contributed by atoms with E-state index in [9.17, 15) is 38.4 Å². The van der Waals surface area contributed by atoms with Crippen LogP contribution in [0.25, 0.3) is 76.3 Å².